The van der Waals surface area contributed by atoms with Gasteiger partial charge >= 0.3 is 0 Å². The predicted molar refractivity (Wildman–Crippen MR) is 77.9 cm³/mol. The minimum atomic E-state index is 0.505. The fourth-order valence-corrected chi connectivity index (χ4v) is 3.18. The second kappa shape index (κ2) is 5.79. The first-order chi connectivity index (χ1) is 9.35. The summed E-state index contributed by atoms with van der Waals surface area (Å²) in [7, 11) is 0. The van der Waals surface area contributed by atoms with Crippen molar-refractivity contribution in [2.75, 3.05) is 24.7 Å². The predicted octanol–water partition coefficient (Wildman–Crippen LogP) is 1.60. The Morgan fingerprint density at radius 3 is 3.16 bits per heavy atom. The second-order valence-electron chi connectivity index (χ2n) is 4.57. The van der Waals surface area contributed by atoms with Crippen molar-refractivity contribution in [1.82, 2.24) is 20.3 Å². The molecule has 1 unspecified atom stereocenters. The van der Waals surface area contributed by atoms with Gasteiger partial charge < -0.3 is 15.0 Å². The van der Waals surface area contributed by atoms with E-state index in [9.17, 15) is 0 Å². The van der Waals surface area contributed by atoms with Gasteiger partial charge in [-0.1, -0.05) is 0 Å². The van der Waals surface area contributed by atoms with E-state index in [0.29, 0.717) is 18.5 Å². The van der Waals surface area contributed by atoms with Gasteiger partial charge in [0.1, 0.15) is 5.82 Å². The summed E-state index contributed by atoms with van der Waals surface area (Å²) >= 11 is 2.00. The summed E-state index contributed by atoms with van der Waals surface area (Å²) < 4.78 is 5.39. The summed E-state index contributed by atoms with van der Waals surface area (Å²) in [5.74, 6) is 3.99. The van der Waals surface area contributed by atoms with E-state index in [0.717, 1.165) is 35.7 Å². The van der Waals surface area contributed by atoms with Crippen molar-refractivity contribution >= 4 is 22.9 Å². The lowest BCUT2D eigenvalue weighted by molar-refractivity contribution is 0.328. The molecule has 102 valence electrons. The number of pyridine rings is 1. The number of aromatic nitrogens is 3. The first-order valence-electron chi connectivity index (χ1n) is 6.64. The van der Waals surface area contributed by atoms with Crippen LogP contribution in [0.5, 0.6) is 5.88 Å². The van der Waals surface area contributed by atoms with Crippen LogP contribution in [-0.4, -0.2) is 45.7 Å². The van der Waals surface area contributed by atoms with E-state index in [1.54, 1.807) is 0 Å². The zero-order valence-corrected chi connectivity index (χ0v) is 11.8. The van der Waals surface area contributed by atoms with Crippen molar-refractivity contribution in [1.29, 1.82) is 0 Å². The maximum Gasteiger partial charge on any atom is 0.215 e. The lowest BCUT2D eigenvalue weighted by Gasteiger charge is -2.21. The lowest BCUT2D eigenvalue weighted by atomic mass is 10.2. The number of hydrogen-bond donors (Lipinski definition) is 2. The van der Waals surface area contributed by atoms with Crippen LogP contribution in [0.2, 0.25) is 0 Å². The fraction of sp³-hybridized carbons (Fsp3) is 0.538. The molecular weight excluding hydrogens is 260 g/mol. The Kier molecular flexibility index (Phi) is 3.89. The number of hydrogen-bond acceptors (Lipinski definition) is 5. The third kappa shape index (κ3) is 3.01. The second-order valence-corrected chi connectivity index (χ2v) is 5.72. The highest BCUT2D eigenvalue weighted by molar-refractivity contribution is 7.99. The molecule has 1 aliphatic rings. The maximum atomic E-state index is 5.39. The smallest absolute Gasteiger partial charge is 0.215 e. The molecule has 1 saturated heterocycles. The van der Waals surface area contributed by atoms with Gasteiger partial charge in [0.15, 0.2) is 5.65 Å². The number of imidazole rings is 1. The molecule has 0 spiro atoms. The van der Waals surface area contributed by atoms with Crippen LogP contribution in [0.1, 0.15) is 12.7 Å². The number of aromatic amines is 1. The number of H-pyrrole nitrogens is 1. The van der Waals surface area contributed by atoms with Crippen molar-refractivity contribution in [2.45, 2.75) is 19.4 Å². The fourth-order valence-electron chi connectivity index (χ4n) is 2.23. The van der Waals surface area contributed by atoms with E-state index >= 15 is 0 Å². The number of rotatable bonds is 4. The molecular formula is C13H18N4OS. The van der Waals surface area contributed by atoms with Crippen LogP contribution >= 0.6 is 11.8 Å². The van der Waals surface area contributed by atoms with Crippen LogP contribution in [-0.2, 0) is 6.42 Å². The minimum absolute atomic E-state index is 0.505. The molecule has 1 fully saturated rings. The Bertz CT molecular complexity index is 551. The first kappa shape index (κ1) is 12.7. The van der Waals surface area contributed by atoms with Gasteiger partial charge in [-0.25, -0.2) is 4.98 Å². The molecule has 0 saturated carbocycles. The van der Waals surface area contributed by atoms with E-state index in [1.165, 1.54) is 5.75 Å². The van der Waals surface area contributed by atoms with Crippen LogP contribution in [0, 0.1) is 0 Å². The summed E-state index contributed by atoms with van der Waals surface area (Å²) in [5.41, 5.74) is 1.71. The summed E-state index contributed by atoms with van der Waals surface area (Å²) in [6, 6.07) is 4.36. The van der Waals surface area contributed by atoms with Crippen molar-refractivity contribution in [2.24, 2.45) is 0 Å². The van der Waals surface area contributed by atoms with E-state index < -0.39 is 0 Å². The van der Waals surface area contributed by atoms with Crippen LogP contribution in [0.3, 0.4) is 0 Å². The summed E-state index contributed by atoms with van der Waals surface area (Å²) in [5, 5.41) is 3.52. The molecule has 1 aliphatic heterocycles. The zero-order valence-electron chi connectivity index (χ0n) is 11.0. The van der Waals surface area contributed by atoms with Crippen molar-refractivity contribution in [3.05, 3.63) is 18.0 Å². The number of thioether (sulfide) groups is 1. The molecule has 19 heavy (non-hydrogen) atoms. The molecule has 5 nitrogen and oxygen atoms in total. The molecule has 0 amide bonds. The largest absolute Gasteiger partial charge is 0.478 e. The normalized spacial score (nSPS) is 19.7. The molecule has 3 rings (SSSR count). The van der Waals surface area contributed by atoms with E-state index in [4.69, 9.17) is 4.74 Å². The van der Waals surface area contributed by atoms with Gasteiger partial charge in [0.2, 0.25) is 5.88 Å². The van der Waals surface area contributed by atoms with Crippen LogP contribution in [0.25, 0.3) is 11.2 Å². The number of fused-ring (bicyclic) bond motifs is 1. The molecule has 0 aromatic carbocycles. The van der Waals surface area contributed by atoms with Crippen LogP contribution in [0.15, 0.2) is 12.1 Å². The van der Waals surface area contributed by atoms with E-state index in [2.05, 4.69) is 20.3 Å². The molecule has 0 bridgehead atoms. The van der Waals surface area contributed by atoms with Gasteiger partial charge in [0.25, 0.3) is 0 Å². The molecule has 0 aliphatic carbocycles. The Hall–Kier alpha value is -1.27. The highest BCUT2D eigenvalue weighted by atomic mass is 32.2. The molecule has 0 radical (unpaired) electrons. The average molecular weight is 278 g/mol. The quantitative estimate of drug-likeness (QED) is 0.889. The van der Waals surface area contributed by atoms with Gasteiger partial charge in [-0.3, -0.25) is 0 Å². The third-order valence-corrected chi connectivity index (χ3v) is 4.23. The number of nitrogens with one attached hydrogen (secondary N) is 2. The SMILES string of the molecule is CCOc1ccc2[nH]c(CC3CSCCN3)nc2n1. The molecule has 2 N–H and O–H groups in total. The Balaban J connectivity index is 1.76. The standard InChI is InChI=1S/C13H18N4OS/c1-2-18-12-4-3-10-13(17-12)16-11(15-10)7-9-8-19-6-5-14-9/h3-4,9,14H,2,5-8H2,1H3,(H,15,16,17). The van der Waals surface area contributed by atoms with E-state index in [-0.39, 0.29) is 0 Å². The number of ether oxygens (including phenoxy) is 1. The van der Waals surface area contributed by atoms with Gasteiger partial charge in [0.05, 0.1) is 12.1 Å². The molecule has 2 aromatic rings. The highest BCUT2D eigenvalue weighted by Gasteiger charge is 2.15. The Labute approximate surface area is 116 Å². The summed E-state index contributed by atoms with van der Waals surface area (Å²) in [6.07, 6.45) is 0.924. The monoisotopic (exact) mass is 278 g/mol. The molecule has 2 aromatic heterocycles. The summed E-state index contributed by atoms with van der Waals surface area (Å²) in [4.78, 5) is 12.3. The highest BCUT2D eigenvalue weighted by Crippen LogP contribution is 2.16. The molecule has 1 atom stereocenters. The topological polar surface area (TPSA) is 62.8 Å². The van der Waals surface area contributed by atoms with Gasteiger partial charge in [-0.05, 0) is 13.0 Å². The minimum Gasteiger partial charge on any atom is -0.478 e. The molecule has 3 heterocycles. The van der Waals surface area contributed by atoms with Gasteiger partial charge in [0, 0.05) is 36.6 Å². The van der Waals surface area contributed by atoms with Crippen molar-refractivity contribution in [3.8, 4) is 5.88 Å². The van der Waals surface area contributed by atoms with Gasteiger partial charge in [-0.15, -0.1) is 0 Å². The summed E-state index contributed by atoms with van der Waals surface area (Å²) in [6.45, 7) is 3.66. The van der Waals surface area contributed by atoms with Crippen LogP contribution in [0.4, 0.5) is 0 Å². The Morgan fingerprint density at radius 1 is 1.42 bits per heavy atom. The molecule has 6 heteroatoms. The van der Waals surface area contributed by atoms with Crippen molar-refractivity contribution in [3.63, 3.8) is 0 Å². The maximum absolute atomic E-state index is 5.39. The zero-order chi connectivity index (χ0) is 13.1. The number of nitrogens with zero attached hydrogens (tertiary/aromatic N) is 2. The van der Waals surface area contributed by atoms with Crippen LogP contribution < -0.4 is 10.1 Å². The van der Waals surface area contributed by atoms with Crippen molar-refractivity contribution < 1.29 is 4.74 Å². The first-order valence-corrected chi connectivity index (χ1v) is 7.80. The Morgan fingerprint density at radius 2 is 2.37 bits per heavy atom. The average Bonchev–Trinajstić information content (AvgIpc) is 2.82. The van der Waals surface area contributed by atoms with Gasteiger partial charge in [-0.2, -0.15) is 16.7 Å². The third-order valence-electron chi connectivity index (χ3n) is 3.10. The lowest BCUT2D eigenvalue weighted by Crippen LogP contribution is -2.39. The van der Waals surface area contributed by atoms with E-state index in [1.807, 2.05) is 30.8 Å².